The molecule has 8 N–H and O–H groups in total. The van der Waals surface area contributed by atoms with Gasteiger partial charge in [-0.25, -0.2) is 0 Å². The van der Waals surface area contributed by atoms with Gasteiger partial charge in [-0.1, -0.05) is 0 Å². The van der Waals surface area contributed by atoms with E-state index in [1.807, 2.05) is 0 Å². The molecule has 4 unspecified atom stereocenters. The molecule has 248 valence electrons. The largest absolute Gasteiger partial charge is 0.387 e. The van der Waals surface area contributed by atoms with E-state index in [9.17, 15) is 29.6 Å². The van der Waals surface area contributed by atoms with Gasteiger partial charge in [-0.15, -0.1) is 0 Å². The molecule has 7 aliphatic heterocycles. The average Bonchev–Trinajstić information content (AvgIpc) is 3.72. The van der Waals surface area contributed by atoms with Gasteiger partial charge in [-0.2, -0.15) is 9.98 Å². The average molecular weight is 723 g/mol. The molecule has 0 aromatic rings. The van der Waals surface area contributed by atoms with Crippen molar-refractivity contribution >= 4 is 85.1 Å². The number of aliphatic hydroxyl groups excluding tert-OH is 2. The summed E-state index contributed by atoms with van der Waals surface area (Å²) in [5.74, 6) is -2.23. The Morgan fingerprint density at radius 2 is 1.17 bits per heavy atom. The fraction of sp³-hybridized carbons (Fsp3) is 0.600. The van der Waals surface area contributed by atoms with E-state index in [2.05, 4.69) is 30.6 Å². The summed E-state index contributed by atoms with van der Waals surface area (Å²) < 4.78 is 34.3. The van der Waals surface area contributed by atoms with Gasteiger partial charge in [0.2, 0.25) is 11.9 Å². The molecule has 7 heterocycles. The second kappa shape index (κ2) is 11.6. The third kappa shape index (κ3) is 5.66. The molecule has 0 aromatic heterocycles. The zero-order valence-corrected chi connectivity index (χ0v) is 26.2. The van der Waals surface area contributed by atoms with Crippen LogP contribution in [0.2, 0.25) is 0 Å². The van der Waals surface area contributed by atoms with Crippen molar-refractivity contribution in [3.63, 3.8) is 0 Å². The lowest BCUT2D eigenvalue weighted by Gasteiger charge is -2.32. The predicted molar refractivity (Wildman–Crippen MR) is 159 cm³/mol. The molecule has 12 atom stereocenters. The monoisotopic (exact) mass is 722 g/mol. The van der Waals surface area contributed by atoms with Crippen molar-refractivity contribution in [1.29, 1.82) is 10.8 Å². The Labute approximate surface area is 267 Å². The Hall–Kier alpha value is -2.54. The topological polar surface area (TPSA) is 298 Å². The molecule has 7 aliphatic rings. The Morgan fingerprint density at radius 3 is 1.57 bits per heavy atom. The van der Waals surface area contributed by atoms with Crippen molar-refractivity contribution in [2.45, 2.75) is 61.2 Å². The highest BCUT2D eigenvalue weighted by Crippen LogP contribution is 2.52. The van der Waals surface area contributed by atoms with Gasteiger partial charge in [0.1, 0.15) is 36.6 Å². The minimum absolute atomic E-state index is 0.0236. The van der Waals surface area contributed by atoms with Crippen molar-refractivity contribution in [3.05, 3.63) is 0 Å². The van der Waals surface area contributed by atoms with Gasteiger partial charge in [0.25, 0.3) is 11.8 Å². The van der Waals surface area contributed by atoms with Crippen molar-refractivity contribution in [2.24, 2.45) is 20.0 Å². The van der Waals surface area contributed by atoms with Crippen LogP contribution in [0.1, 0.15) is 0 Å². The number of fused-ring (bicyclic) bond motifs is 6. The lowest BCUT2D eigenvalue weighted by atomic mass is 10.1. The third-order valence-corrected chi connectivity index (χ3v) is 10.7. The molecule has 3 fully saturated rings. The first-order valence-corrected chi connectivity index (χ1v) is 18.5. The minimum Gasteiger partial charge on any atom is -0.387 e. The highest BCUT2D eigenvalue weighted by molar-refractivity contribution is 8.07. The first kappa shape index (κ1) is 32.0. The highest BCUT2D eigenvalue weighted by atomic mass is 32.5. The fourth-order valence-electron chi connectivity index (χ4n) is 5.56. The van der Waals surface area contributed by atoms with Gasteiger partial charge in [0, 0.05) is 0 Å². The number of amides is 2. The number of ether oxygens (including phenoxy) is 2. The number of nitrogens with zero attached hydrogens (tertiary/aromatic N) is 6. The van der Waals surface area contributed by atoms with E-state index in [-0.39, 0.29) is 11.7 Å². The van der Waals surface area contributed by atoms with E-state index in [1.54, 1.807) is 0 Å². The van der Waals surface area contributed by atoms with Gasteiger partial charge in [0.15, 0.2) is 36.2 Å². The number of nitrogens with one attached hydrogen (secondary N) is 4. The second-order valence-corrected chi connectivity index (χ2v) is 16.1. The van der Waals surface area contributed by atoms with Gasteiger partial charge in [0.05, 0.1) is 25.9 Å². The van der Waals surface area contributed by atoms with Crippen LogP contribution in [0, 0.1) is 10.8 Å². The molecule has 4 bridgehead atoms. The second-order valence-electron chi connectivity index (χ2n) is 10.5. The fourth-order valence-corrected chi connectivity index (χ4v) is 8.38. The van der Waals surface area contributed by atoms with Gasteiger partial charge < -0.3 is 38.5 Å². The number of amidine groups is 2. The number of aliphatic hydroxyl groups is 2. The Kier molecular flexibility index (Phi) is 8.05. The number of carbonyl (C=O) groups is 2. The summed E-state index contributed by atoms with van der Waals surface area (Å²) in [6, 6.07) is -2.24. The number of carbonyl (C=O) groups excluding carboxylic acids is 2. The summed E-state index contributed by atoms with van der Waals surface area (Å²) in [7, 11) is 0. The van der Waals surface area contributed by atoms with Gasteiger partial charge >= 0.3 is 13.4 Å². The minimum atomic E-state index is -4.27. The van der Waals surface area contributed by atoms with Crippen molar-refractivity contribution in [2.75, 3.05) is 13.2 Å². The SMILES string of the molecule is N=C1N=C2C(N=CN2[C@@H]2O[C@@H]3COP(O)(=S)O[C@@H]4[C@H](O)[C@@H](COP(O)(=S)O[C@@H]2[C@@H]3O)O[C@H]4N2C=NC3C(=O)NC(=N)N=C32)C(=O)N1. The van der Waals surface area contributed by atoms with Crippen LogP contribution < -0.4 is 10.6 Å². The quantitative estimate of drug-likeness (QED) is 0.125. The molecule has 0 aromatic carbocycles. The van der Waals surface area contributed by atoms with Crippen LogP contribution in [-0.2, 0) is 60.8 Å². The summed E-state index contributed by atoms with van der Waals surface area (Å²) in [5, 5.41) is 42.4. The normalized spacial score (nSPS) is 45.6. The lowest BCUT2D eigenvalue weighted by Crippen LogP contribution is -2.53. The number of guanidine groups is 2. The maximum atomic E-state index is 12.3. The molecule has 2 amide bonds. The van der Waals surface area contributed by atoms with Gasteiger partial charge in [-0.3, -0.25) is 59.9 Å². The summed E-state index contributed by atoms with van der Waals surface area (Å²) in [6.07, 6.45) is -9.10. The van der Waals surface area contributed by atoms with E-state index < -0.39 is 112 Å². The van der Waals surface area contributed by atoms with Crippen LogP contribution in [0.4, 0.5) is 0 Å². The van der Waals surface area contributed by atoms with Gasteiger partial charge in [-0.05, 0) is 23.6 Å². The molecular weight excluding hydrogens is 698 g/mol. The van der Waals surface area contributed by atoms with Crippen molar-refractivity contribution < 1.29 is 57.2 Å². The molecule has 0 aliphatic carbocycles. The molecule has 46 heavy (non-hydrogen) atoms. The van der Waals surface area contributed by atoms with Crippen LogP contribution in [-0.4, -0.2) is 152 Å². The number of hydrogen-bond acceptors (Lipinski definition) is 18. The van der Waals surface area contributed by atoms with E-state index in [0.29, 0.717) is 0 Å². The first-order valence-electron chi connectivity index (χ1n) is 13.3. The van der Waals surface area contributed by atoms with E-state index in [4.69, 9.17) is 62.0 Å². The molecule has 7 rings (SSSR count). The van der Waals surface area contributed by atoms with E-state index >= 15 is 0 Å². The molecular formula is C20H24N10O12P2S2. The summed E-state index contributed by atoms with van der Waals surface area (Å²) in [4.78, 5) is 65.4. The molecule has 3 saturated heterocycles. The molecule has 0 saturated carbocycles. The van der Waals surface area contributed by atoms with E-state index in [0.717, 1.165) is 0 Å². The lowest BCUT2D eigenvalue weighted by molar-refractivity contribution is -0.120. The van der Waals surface area contributed by atoms with Crippen LogP contribution in [0.15, 0.2) is 20.0 Å². The Balaban J connectivity index is 1.17. The maximum Gasteiger partial charge on any atom is 0.325 e. The Bertz CT molecular complexity index is 1510. The molecule has 22 nitrogen and oxygen atoms in total. The van der Waals surface area contributed by atoms with Crippen LogP contribution in [0.25, 0.3) is 0 Å². The molecule has 0 spiro atoms. The number of hydrogen-bond donors (Lipinski definition) is 8. The van der Waals surface area contributed by atoms with E-state index in [1.165, 1.54) is 22.5 Å². The molecule has 0 radical (unpaired) electrons. The number of aliphatic imine (C=N–C) groups is 4. The summed E-state index contributed by atoms with van der Waals surface area (Å²) in [6.45, 7) is -9.76. The summed E-state index contributed by atoms with van der Waals surface area (Å²) >= 11 is 10.4. The maximum absolute atomic E-state index is 12.3. The Morgan fingerprint density at radius 1 is 0.783 bits per heavy atom. The zero-order chi connectivity index (χ0) is 32.7. The third-order valence-electron chi connectivity index (χ3n) is 7.62. The van der Waals surface area contributed by atoms with Crippen molar-refractivity contribution in [1.82, 2.24) is 20.4 Å². The first-order chi connectivity index (χ1) is 21.7. The van der Waals surface area contributed by atoms with Crippen LogP contribution in [0.3, 0.4) is 0 Å². The summed E-state index contributed by atoms with van der Waals surface area (Å²) in [5.41, 5.74) is 0. The van der Waals surface area contributed by atoms with Crippen molar-refractivity contribution in [3.8, 4) is 0 Å². The predicted octanol–water partition coefficient (Wildman–Crippen LogP) is -4.24. The van der Waals surface area contributed by atoms with Crippen LogP contribution >= 0.6 is 13.4 Å². The number of rotatable bonds is 2. The smallest absolute Gasteiger partial charge is 0.325 e. The standard InChI is InChI=1S/C20H24N10O12P2S2/c21-19-25-13-7(15(33)27-19)23-3-29(13)17-11-9(31)5(39-17)1-37-43(35,45)41-12-10(32)6(2-38-44(36,46)42-11)40-18(12)30-4-24-8-14(30)26-20(22)28-16(8)34/h3-12,17-18,31-32H,1-2H2,(H,35,45)(H,36,46)(H2,21,27,33)(H2,22,28,34)/t5-,6-,7?,8?,9-,10-,11-,12-,17-,18-,43?,44?/m1/s1. The molecule has 26 heteroatoms. The highest BCUT2D eigenvalue weighted by Gasteiger charge is 2.56. The van der Waals surface area contributed by atoms with Crippen LogP contribution in [0.5, 0.6) is 0 Å². The zero-order valence-electron chi connectivity index (χ0n) is 22.8.